The summed E-state index contributed by atoms with van der Waals surface area (Å²) in [7, 11) is 0. The van der Waals surface area contributed by atoms with E-state index in [9.17, 15) is 10.0 Å². The van der Waals surface area contributed by atoms with Crippen LogP contribution in [0.2, 0.25) is 0 Å². The Balaban J connectivity index is 1.80. The Morgan fingerprint density at radius 1 is 1.23 bits per heavy atom. The number of hydrogen-bond acceptors (Lipinski definition) is 6. The molecule has 0 aliphatic carbocycles. The monoisotopic (exact) mass is 410 g/mol. The lowest BCUT2D eigenvalue weighted by atomic mass is 9.89. The largest absolute Gasteiger partial charge is 0.494 e. The van der Waals surface area contributed by atoms with Crippen molar-refractivity contribution in [3.63, 3.8) is 0 Å². The first-order valence-corrected chi connectivity index (χ1v) is 9.86. The van der Waals surface area contributed by atoms with Crippen LogP contribution in [0.3, 0.4) is 0 Å². The van der Waals surface area contributed by atoms with Crippen molar-refractivity contribution in [3.8, 4) is 5.75 Å². The molecule has 2 atom stereocenters. The third-order valence-corrected chi connectivity index (χ3v) is 4.97. The zero-order chi connectivity index (χ0) is 21.4. The average Bonchev–Trinajstić information content (AvgIpc) is 3.12. The Hall–Kier alpha value is -3.16. The van der Waals surface area contributed by atoms with E-state index in [-0.39, 0.29) is 13.0 Å². The molecular weight excluding hydrogens is 384 g/mol. The van der Waals surface area contributed by atoms with Gasteiger partial charge in [-0.2, -0.15) is 0 Å². The number of carbonyl (C=O) groups is 1. The van der Waals surface area contributed by atoms with Crippen molar-refractivity contribution in [2.45, 2.75) is 31.4 Å². The Morgan fingerprint density at radius 3 is 2.63 bits per heavy atom. The number of amides is 1. The van der Waals surface area contributed by atoms with Crippen molar-refractivity contribution in [1.82, 2.24) is 5.48 Å². The summed E-state index contributed by atoms with van der Waals surface area (Å²) in [6.45, 7) is 2.26. The standard InChI is InChI=1S/C23H26N2O5/c1-17-23(22(27)25-28,14-5-9-18-7-3-2-4-8-18)24-21(30-17)19-10-12-20(13-11-19)29-16-6-15-26/h2-5,7-13,17,26,28H,6,14-16H2,1H3,(H,25,27)/b9-5+/t17-,23-/m0/s1. The second-order valence-electron chi connectivity index (χ2n) is 7.01. The molecule has 2 aromatic carbocycles. The molecule has 158 valence electrons. The van der Waals surface area contributed by atoms with Gasteiger partial charge in [0.2, 0.25) is 5.90 Å². The van der Waals surface area contributed by atoms with Gasteiger partial charge in [0, 0.05) is 25.0 Å². The van der Waals surface area contributed by atoms with E-state index in [1.165, 1.54) is 0 Å². The summed E-state index contributed by atoms with van der Waals surface area (Å²) in [5.74, 6) is 0.386. The molecule has 2 aromatic rings. The Kier molecular flexibility index (Phi) is 7.21. The van der Waals surface area contributed by atoms with E-state index in [4.69, 9.17) is 14.6 Å². The first-order chi connectivity index (χ1) is 14.6. The van der Waals surface area contributed by atoms with Crippen LogP contribution in [0.1, 0.15) is 30.9 Å². The summed E-state index contributed by atoms with van der Waals surface area (Å²) in [5.41, 5.74) is 2.17. The number of ether oxygens (including phenoxy) is 2. The number of aliphatic imine (C=N–C) groups is 1. The maximum Gasteiger partial charge on any atom is 0.275 e. The number of hydrogen-bond donors (Lipinski definition) is 3. The summed E-state index contributed by atoms with van der Waals surface area (Å²) < 4.78 is 11.4. The van der Waals surface area contributed by atoms with Crippen LogP contribution in [-0.4, -0.2) is 47.0 Å². The van der Waals surface area contributed by atoms with Crippen LogP contribution in [0.5, 0.6) is 5.75 Å². The molecule has 1 heterocycles. The highest BCUT2D eigenvalue weighted by molar-refractivity contribution is 6.00. The van der Waals surface area contributed by atoms with Gasteiger partial charge in [0.05, 0.1) is 6.61 Å². The van der Waals surface area contributed by atoms with E-state index in [1.54, 1.807) is 36.7 Å². The fourth-order valence-electron chi connectivity index (χ4n) is 3.22. The molecule has 7 heteroatoms. The molecule has 0 saturated carbocycles. The SMILES string of the molecule is C[C@@H]1OC(c2ccc(OCCCO)cc2)=N[C@]1(C/C=C/c1ccccc1)C(=O)NO. The highest BCUT2D eigenvalue weighted by Gasteiger charge is 2.49. The first kappa shape index (κ1) is 21.5. The smallest absolute Gasteiger partial charge is 0.275 e. The maximum atomic E-state index is 12.5. The quantitative estimate of drug-likeness (QED) is 0.335. The van der Waals surface area contributed by atoms with Crippen LogP contribution in [0.4, 0.5) is 0 Å². The van der Waals surface area contributed by atoms with Crippen molar-refractivity contribution < 1.29 is 24.6 Å². The van der Waals surface area contributed by atoms with Gasteiger partial charge in [-0.1, -0.05) is 42.5 Å². The maximum absolute atomic E-state index is 12.5. The molecule has 0 radical (unpaired) electrons. The predicted molar refractivity (Wildman–Crippen MR) is 113 cm³/mol. The van der Waals surface area contributed by atoms with Crippen LogP contribution in [0, 0.1) is 0 Å². The summed E-state index contributed by atoms with van der Waals surface area (Å²) in [4.78, 5) is 17.1. The normalized spacial score (nSPS) is 20.6. The number of nitrogens with one attached hydrogen (secondary N) is 1. The lowest BCUT2D eigenvalue weighted by molar-refractivity contribution is -0.136. The average molecular weight is 410 g/mol. The van der Waals surface area contributed by atoms with Gasteiger partial charge in [0.1, 0.15) is 11.9 Å². The summed E-state index contributed by atoms with van der Waals surface area (Å²) in [6.07, 6.45) is 4.02. The summed E-state index contributed by atoms with van der Waals surface area (Å²) >= 11 is 0. The van der Waals surface area contributed by atoms with Crippen LogP contribution < -0.4 is 10.2 Å². The minimum Gasteiger partial charge on any atom is -0.494 e. The van der Waals surface area contributed by atoms with Gasteiger partial charge < -0.3 is 14.6 Å². The molecule has 0 bridgehead atoms. The fourth-order valence-corrected chi connectivity index (χ4v) is 3.22. The van der Waals surface area contributed by atoms with Crippen LogP contribution in [0.15, 0.2) is 65.7 Å². The van der Waals surface area contributed by atoms with Gasteiger partial charge in [-0.15, -0.1) is 0 Å². The lowest BCUT2D eigenvalue weighted by Crippen LogP contribution is -2.49. The molecule has 1 amide bonds. The number of benzene rings is 2. The van der Waals surface area contributed by atoms with Gasteiger partial charge >= 0.3 is 0 Å². The molecule has 0 unspecified atom stereocenters. The number of aliphatic hydroxyl groups excluding tert-OH is 1. The molecule has 7 nitrogen and oxygen atoms in total. The van der Waals surface area contributed by atoms with Gasteiger partial charge in [-0.25, -0.2) is 10.5 Å². The van der Waals surface area contributed by atoms with Crippen molar-refractivity contribution in [2.75, 3.05) is 13.2 Å². The molecule has 1 aliphatic heterocycles. The third-order valence-electron chi connectivity index (χ3n) is 4.97. The van der Waals surface area contributed by atoms with E-state index >= 15 is 0 Å². The second kappa shape index (κ2) is 10.0. The van der Waals surface area contributed by atoms with Gasteiger partial charge in [0.15, 0.2) is 5.54 Å². The molecule has 3 rings (SSSR count). The van der Waals surface area contributed by atoms with Gasteiger partial charge in [0.25, 0.3) is 5.91 Å². The van der Waals surface area contributed by atoms with Crippen molar-refractivity contribution >= 4 is 17.9 Å². The number of hydroxylamine groups is 1. The van der Waals surface area contributed by atoms with Crippen molar-refractivity contribution in [2.24, 2.45) is 4.99 Å². The minimum atomic E-state index is -1.27. The number of rotatable bonds is 9. The molecule has 0 saturated heterocycles. The lowest BCUT2D eigenvalue weighted by Gasteiger charge is -2.25. The molecule has 0 spiro atoms. The number of carbonyl (C=O) groups excluding carboxylic acids is 1. The predicted octanol–water partition coefficient (Wildman–Crippen LogP) is 2.96. The van der Waals surface area contributed by atoms with Crippen LogP contribution in [0.25, 0.3) is 6.08 Å². The minimum absolute atomic E-state index is 0.0777. The van der Waals surface area contributed by atoms with Crippen LogP contribution >= 0.6 is 0 Å². The zero-order valence-corrected chi connectivity index (χ0v) is 16.8. The molecule has 30 heavy (non-hydrogen) atoms. The zero-order valence-electron chi connectivity index (χ0n) is 16.8. The van der Waals surface area contributed by atoms with Crippen LogP contribution in [-0.2, 0) is 9.53 Å². The molecular formula is C23H26N2O5. The van der Waals surface area contributed by atoms with Gasteiger partial charge in [-0.3, -0.25) is 10.0 Å². The number of aliphatic hydroxyl groups is 1. The van der Waals surface area contributed by atoms with Crippen molar-refractivity contribution in [1.29, 1.82) is 0 Å². The van der Waals surface area contributed by atoms with E-state index in [0.29, 0.717) is 30.2 Å². The Bertz CT molecular complexity index is 896. The molecule has 1 aliphatic rings. The van der Waals surface area contributed by atoms with E-state index in [0.717, 1.165) is 5.56 Å². The third kappa shape index (κ3) is 4.87. The summed E-state index contributed by atoms with van der Waals surface area (Å²) in [6, 6.07) is 16.9. The topological polar surface area (TPSA) is 100 Å². The van der Waals surface area contributed by atoms with E-state index < -0.39 is 17.6 Å². The van der Waals surface area contributed by atoms with E-state index in [1.807, 2.05) is 42.5 Å². The Labute approximate surface area is 175 Å². The van der Waals surface area contributed by atoms with E-state index in [2.05, 4.69) is 4.99 Å². The fraction of sp³-hybridized carbons (Fsp3) is 0.304. The molecule has 3 N–H and O–H groups in total. The number of nitrogens with zero attached hydrogens (tertiary/aromatic N) is 1. The molecule has 0 aromatic heterocycles. The Morgan fingerprint density at radius 2 is 1.97 bits per heavy atom. The highest BCUT2D eigenvalue weighted by Crippen LogP contribution is 2.33. The molecule has 0 fully saturated rings. The highest BCUT2D eigenvalue weighted by atomic mass is 16.5. The second-order valence-corrected chi connectivity index (χ2v) is 7.01. The van der Waals surface area contributed by atoms with Gasteiger partial charge in [-0.05, 0) is 36.8 Å². The summed E-state index contributed by atoms with van der Waals surface area (Å²) in [5, 5.41) is 18.1. The van der Waals surface area contributed by atoms with Crippen molar-refractivity contribution in [3.05, 3.63) is 71.8 Å². The first-order valence-electron chi connectivity index (χ1n) is 9.86.